The Morgan fingerprint density at radius 3 is 2.08 bits per heavy atom. The fourth-order valence-electron chi connectivity index (χ4n) is 4.50. The highest BCUT2D eigenvalue weighted by atomic mass is 16.8. The van der Waals surface area contributed by atoms with Crippen molar-refractivity contribution in [2.45, 2.75) is 62.7 Å². The Kier molecular flexibility index (Phi) is 3.90. The van der Waals surface area contributed by atoms with Gasteiger partial charge >= 0.3 is 0 Å². The summed E-state index contributed by atoms with van der Waals surface area (Å²) >= 11 is 0. The molecule has 0 bridgehead atoms. The molecule has 0 unspecified atom stereocenters. The Labute approximate surface area is 154 Å². The SMILES string of the molecule is CC1(C)O[C@H]2O[C@H]3[C@H](O[C@@H](c4ccccc4)C[C@H]3c3ccccc3)[C@H]2O1. The fourth-order valence-corrected chi connectivity index (χ4v) is 4.50. The Morgan fingerprint density at radius 1 is 0.731 bits per heavy atom. The topological polar surface area (TPSA) is 36.9 Å². The van der Waals surface area contributed by atoms with Crippen LogP contribution < -0.4 is 0 Å². The predicted octanol–water partition coefficient (Wildman–Crippen LogP) is 4.18. The third-order valence-electron chi connectivity index (χ3n) is 5.61. The van der Waals surface area contributed by atoms with Gasteiger partial charge in [0.25, 0.3) is 0 Å². The molecular weight excluding hydrogens is 328 g/mol. The van der Waals surface area contributed by atoms with Crippen LogP contribution in [0.15, 0.2) is 60.7 Å². The minimum atomic E-state index is -0.633. The van der Waals surface area contributed by atoms with Crippen LogP contribution in [-0.2, 0) is 18.9 Å². The van der Waals surface area contributed by atoms with Gasteiger partial charge < -0.3 is 18.9 Å². The van der Waals surface area contributed by atoms with Crippen LogP contribution in [0.1, 0.15) is 43.4 Å². The van der Waals surface area contributed by atoms with E-state index in [0.717, 1.165) is 6.42 Å². The van der Waals surface area contributed by atoms with E-state index in [-0.39, 0.29) is 36.6 Å². The summed E-state index contributed by atoms with van der Waals surface area (Å²) in [6.45, 7) is 3.85. The van der Waals surface area contributed by atoms with E-state index < -0.39 is 5.79 Å². The van der Waals surface area contributed by atoms with Crippen molar-refractivity contribution in [2.75, 3.05) is 0 Å². The molecule has 4 heteroatoms. The van der Waals surface area contributed by atoms with Gasteiger partial charge in [0.2, 0.25) is 0 Å². The molecule has 3 aliphatic heterocycles. The first kappa shape index (κ1) is 16.5. The van der Waals surface area contributed by atoms with E-state index in [2.05, 4.69) is 48.5 Å². The van der Waals surface area contributed by atoms with Crippen molar-refractivity contribution in [2.24, 2.45) is 0 Å². The summed E-state index contributed by atoms with van der Waals surface area (Å²) in [6, 6.07) is 21.0. The summed E-state index contributed by atoms with van der Waals surface area (Å²) < 4.78 is 24.9. The Bertz CT molecular complexity index is 760. The maximum Gasteiger partial charge on any atom is 0.190 e. The lowest BCUT2D eigenvalue weighted by Gasteiger charge is -2.40. The van der Waals surface area contributed by atoms with Crippen molar-refractivity contribution in [1.29, 1.82) is 0 Å². The highest BCUT2D eigenvalue weighted by molar-refractivity contribution is 5.26. The number of hydrogen-bond acceptors (Lipinski definition) is 4. The first-order chi connectivity index (χ1) is 12.6. The van der Waals surface area contributed by atoms with Gasteiger partial charge in [0, 0.05) is 5.92 Å². The number of fused-ring (bicyclic) bond motifs is 3. The van der Waals surface area contributed by atoms with Crippen molar-refractivity contribution in [3.63, 3.8) is 0 Å². The number of hydrogen-bond donors (Lipinski definition) is 0. The van der Waals surface area contributed by atoms with Crippen LogP contribution >= 0.6 is 0 Å². The van der Waals surface area contributed by atoms with Gasteiger partial charge in [-0.2, -0.15) is 0 Å². The summed E-state index contributed by atoms with van der Waals surface area (Å²) in [5, 5.41) is 0. The molecule has 0 amide bonds. The van der Waals surface area contributed by atoms with Crippen LogP contribution in [0.5, 0.6) is 0 Å². The summed E-state index contributed by atoms with van der Waals surface area (Å²) in [5.41, 5.74) is 2.49. The van der Waals surface area contributed by atoms with Crippen molar-refractivity contribution >= 4 is 0 Å². The molecule has 0 radical (unpaired) electrons. The third-order valence-corrected chi connectivity index (χ3v) is 5.61. The Hall–Kier alpha value is -1.72. The summed E-state index contributed by atoms with van der Waals surface area (Å²) in [4.78, 5) is 0. The zero-order valence-electron chi connectivity index (χ0n) is 15.1. The first-order valence-electron chi connectivity index (χ1n) is 9.37. The molecule has 5 rings (SSSR count). The normalized spacial score (nSPS) is 37.9. The van der Waals surface area contributed by atoms with Crippen LogP contribution in [0.3, 0.4) is 0 Å². The lowest BCUT2D eigenvalue weighted by Crippen LogP contribution is -2.44. The Morgan fingerprint density at radius 2 is 1.38 bits per heavy atom. The zero-order chi connectivity index (χ0) is 17.7. The molecule has 0 aliphatic carbocycles. The molecule has 2 aromatic carbocycles. The van der Waals surface area contributed by atoms with Gasteiger partial charge in [-0.1, -0.05) is 60.7 Å². The van der Waals surface area contributed by atoms with E-state index in [1.54, 1.807) is 0 Å². The van der Waals surface area contributed by atoms with E-state index in [1.165, 1.54) is 11.1 Å². The quantitative estimate of drug-likeness (QED) is 0.813. The number of benzene rings is 2. The largest absolute Gasteiger partial charge is 0.365 e. The molecule has 26 heavy (non-hydrogen) atoms. The molecule has 0 aromatic heterocycles. The van der Waals surface area contributed by atoms with Crippen LogP contribution in [0.4, 0.5) is 0 Å². The summed E-state index contributed by atoms with van der Waals surface area (Å²) in [6.07, 6.45) is 0.179. The second-order valence-electron chi connectivity index (χ2n) is 7.82. The van der Waals surface area contributed by atoms with E-state index in [0.29, 0.717) is 0 Å². The first-order valence-corrected chi connectivity index (χ1v) is 9.37. The van der Waals surface area contributed by atoms with Crippen LogP contribution in [0.25, 0.3) is 0 Å². The van der Waals surface area contributed by atoms with Gasteiger partial charge in [-0.15, -0.1) is 0 Å². The lowest BCUT2D eigenvalue weighted by atomic mass is 9.81. The van der Waals surface area contributed by atoms with Crippen molar-refractivity contribution < 1.29 is 18.9 Å². The molecule has 2 aromatic rings. The van der Waals surface area contributed by atoms with Gasteiger partial charge in [-0.25, -0.2) is 0 Å². The van der Waals surface area contributed by atoms with Gasteiger partial charge in [0.1, 0.15) is 12.2 Å². The van der Waals surface area contributed by atoms with Gasteiger partial charge in [-0.05, 0) is 31.4 Å². The molecular formula is C22H24O4. The molecule has 0 N–H and O–H groups in total. The predicted molar refractivity (Wildman–Crippen MR) is 96.6 cm³/mol. The standard InChI is InChI=1S/C22H24O4/c1-22(2)25-20-19-18(24-21(20)26-22)16(14-9-5-3-6-10-14)13-17(23-19)15-11-7-4-8-12-15/h3-12,16-21H,13H2,1-2H3/t16-,17+,18+,19-,20+,21+/m0/s1. The molecule has 3 fully saturated rings. The van der Waals surface area contributed by atoms with Gasteiger partial charge in [0.05, 0.1) is 12.2 Å². The minimum Gasteiger partial charge on any atom is -0.365 e. The molecule has 0 saturated carbocycles. The summed E-state index contributed by atoms with van der Waals surface area (Å²) in [7, 11) is 0. The maximum atomic E-state index is 6.53. The minimum absolute atomic E-state index is 0.0253. The molecule has 4 nitrogen and oxygen atoms in total. The third kappa shape index (κ3) is 2.78. The second kappa shape index (κ2) is 6.17. The van der Waals surface area contributed by atoms with Crippen LogP contribution in [0, 0.1) is 0 Å². The van der Waals surface area contributed by atoms with E-state index >= 15 is 0 Å². The molecule has 3 heterocycles. The van der Waals surface area contributed by atoms with Gasteiger partial charge in [0.15, 0.2) is 12.1 Å². The molecule has 136 valence electrons. The summed E-state index contributed by atoms with van der Waals surface area (Å²) in [5.74, 6) is -0.382. The fraction of sp³-hybridized carbons (Fsp3) is 0.455. The highest BCUT2D eigenvalue weighted by Gasteiger charge is 2.59. The molecule has 6 atom stereocenters. The van der Waals surface area contributed by atoms with E-state index in [1.807, 2.05) is 26.0 Å². The van der Waals surface area contributed by atoms with Crippen molar-refractivity contribution in [1.82, 2.24) is 0 Å². The molecule has 0 spiro atoms. The molecule has 3 aliphatic rings. The smallest absolute Gasteiger partial charge is 0.190 e. The number of rotatable bonds is 2. The average Bonchev–Trinajstić information content (AvgIpc) is 3.14. The zero-order valence-corrected chi connectivity index (χ0v) is 15.1. The second-order valence-corrected chi connectivity index (χ2v) is 7.82. The van der Waals surface area contributed by atoms with E-state index in [9.17, 15) is 0 Å². The lowest BCUT2D eigenvalue weighted by molar-refractivity contribution is -0.235. The monoisotopic (exact) mass is 352 g/mol. The van der Waals surface area contributed by atoms with Crippen LogP contribution in [0.2, 0.25) is 0 Å². The maximum absolute atomic E-state index is 6.53. The highest BCUT2D eigenvalue weighted by Crippen LogP contribution is 2.50. The number of ether oxygens (including phenoxy) is 4. The van der Waals surface area contributed by atoms with Crippen LogP contribution in [-0.4, -0.2) is 30.4 Å². The van der Waals surface area contributed by atoms with E-state index in [4.69, 9.17) is 18.9 Å². The Balaban J connectivity index is 1.50. The average molecular weight is 352 g/mol. The van der Waals surface area contributed by atoms with Crippen molar-refractivity contribution in [3.05, 3.63) is 71.8 Å². The molecule has 3 saturated heterocycles. The van der Waals surface area contributed by atoms with Gasteiger partial charge in [-0.3, -0.25) is 0 Å². The van der Waals surface area contributed by atoms with Crippen molar-refractivity contribution in [3.8, 4) is 0 Å².